The molecule has 1 N–H and O–H groups in total. The van der Waals surface area contributed by atoms with Gasteiger partial charge >= 0.3 is 5.97 Å². The Morgan fingerprint density at radius 3 is 2.30 bits per heavy atom. The molecule has 156 valence electrons. The molecular formula is C21H19NO7S. The summed E-state index contributed by atoms with van der Waals surface area (Å²) in [5.41, 5.74) is 0.601. The molecule has 3 rings (SSSR count). The SMILES string of the molecule is COc1cc(OC)nc(Oc2cccc(-c3cccc(S(C)(=O)=O)c3)c2C(=O)O)c1. The Labute approximate surface area is 173 Å². The molecule has 0 bridgehead atoms. The Bertz CT molecular complexity index is 1180. The van der Waals surface area contributed by atoms with E-state index in [1.165, 1.54) is 38.5 Å². The van der Waals surface area contributed by atoms with Crippen LogP contribution in [-0.4, -0.2) is 45.0 Å². The molecule has 0 atom stereocenters. The highest BCUT2D eigenvalue weighted by Gasteiger charge is 2.20. The van der Waals surface area contributed by atoms with Gasteiger partial charge in [0.15, 0.2) is 9.84 Å². The molecule has 0 amide bonds. The lowest BCUT2D eigenvalue weighted by Gasteiger charge is -2.14. The molecule has 0 aliphatic rings. The van der Waals surface area contributed by atoms with E-state index in [-0.39, 0.29) is 28.0 Å². The van der Waals surface area contributed by atoms with Gasteiger partial charge in [0.1, 0.15) is 17.1 Å². The van der Waals surface area contributed by atoms with Crippen molar-refractivity contribution in [1.29, 1.82) is 0 Å². The summed E-state index contributed by atoms with van der Waals surface area (Å²) in [5.74, 6) is -0.465. The third kappa shape index (κ3) is 4.52. The van der Waals surface area contributed by atoms with E-state index >= 15 is 0 Å². The minimum absolute atomic E-state index is 0.0348. The Morgan fingerprint density at radius 2 is 1.67 bits per heavy atom. The van der Waals surface area contributed by atoms with E-state index in [0.29, 0.717) is 16.9 Å². The van der Waals surface area contributed by atoms with Crippen LogP contribution < -0.4 is 14.2 Å². The second-order valence-electron chi connectivity index (χ2n) is 6.27. The molecule has 0 spiro atoms. The molecule has 30 heavy (non-hydrogen) atoms. The Morgan fingerprint density at radius 1 is 0.967 bits per heavy atom. The number of rotatable bonds is 7. The van der Waals surface area contributed by atoms with Gasteiger partial charge in [-0.3, -0.25) is 0 Å². The number of carbonyl (C=O) groups is 1. The summed E-state index contributed by atoms with van der Waals surface area (Å²) in [7, 11) is -0.554. The zero-order valence-electron chi connectivity index (χ0n) is 16.4. The van der Waals surface area contributed by atoms with Crippen LogP contribution in [0.5, 0.6) is 23.3 Å². The highest BCUT2D eigenvalue weighted by molar-refractivity contribution is 7.90. The molecule has 0 saturated carbocycles. The fraction of sp³-hybridized carbons (Fsp3) is 0.143. The lowest BCUT2D eigenvalue weighted by Crippen LogP contribution is -2.04. The predicted molar refractivity (Wildman–Crippen MR) is 109 cm³/mol. The van der Waals surface area contributed by atoms with Crippen molar-refractivity contribution in [1.82, 2.24) is 4.98 Å². The molecule has 3 aromatic rings. The van der Waals surface area contributed by atoms with Crippen molar-refractivity contribution in [2.45, 2.75) is 4.90 Å². The maximum absolute atomic E-state index is 12.1. The Balaban J connectivity index is 2.12. The maximum atomic E-state index is 12.1. The second kappa shape index (κ2) is 8.42. The number of methoxy groups -OCH3 is 2. The van der Waals surface area contributed by atoms with Crippen molar-refractivity contribution in [2.24, 2.45) is 0 Å². The zero-order chi connectivity index (χ0) is 21.9. The highest BCUT2D eigenvalue weighted by atomic mass is 32.2. The molecule has 1 heterocycles. The Hall–Kier alpha value is -3.59. The molecule has 0 radical (unpaired) electrons. The van der Waals surface area contributed by atoms with Crippen LogP contribution >= 0.6 is 0 Å². The van der Waals surface area contributed by atoms with Crippen molar-refractivity contribution in [3.8, 4) is 34.4 Å². The number of sulfone groups is 1. The topological polar surface area (TPSA) is 112 Å². The predicted octanol–water partition coefficient (Wildman–Crippen LogP) is 3.66. The van der Waals surface area contributed by atoms with Crippen molar-refractivity contribution < 1.29 is 32.5 Å². The van der Waals surface area contributed by atoms with E-state index < -0.39 is 15.8 Å². The number of nitrogens with zero attached hydrogens (tertiary/aromatic N) is 1. The van der Waals surface area contributed by atoms with Gasteiger partial charge in [0.05, 0.1) is 19.1 Å². The third-order valence-corrected chi connectivity index (χ3v) is 5.33. The standard InChI is InChI=1S/C21H19NO7S/c1-27-14-11-18(28-2)22-19(12-14)29-17-9-5-8-16(20(17)21(23)24)13-6-4-7-15(10-13)30(3,25)26/h4-12H,1-3H3,(H,23,24). The molecule has 2 aromatic carbocycles. The average molecular weight is 429 g/mol. The maximum Gasteiger partial charge on any atom is 0.340 e. The molecule has 9 heteroatoms. The van der Waals surface area contributed by atoms with Crippen LogP contribution in [0, 0.1) is 0 Å². The van der Waals surface area contributed by atoms with Gasteiger partial charge in [-0.1, -0.05) is 24.3 Å². The summed E-state index contributed by atoms with van der Waals surface area (Å²) in [6.45, 7) is 0. The van der Waals surface area contributed by atoms with Gasteiger partial charge in [0.2, 0.25) is 11.8 Å². The number of aromatic nitrogens is 1. The van der Waals surface area contributed by atoms with Gasteiger partial charge in [-0.25, -0.2) is 13.2 Å². The van der Waals surface area contributed by atoms with E-state index in [1.54, 1.807) is 30.3 Å². The molecular weight excluding hydrogens is 410 g/mol. The summed E-state index contributed by atoms with van der Waals surface area (Å²) in [6, 6.07) is 13.8. The molecule has 8 nitrogen and oxygen atoms in total. The van der Waals surface area contributed by atoms with Gasteiger partial charge in [-0.2, -0.15) is 4.98 Å². The number of pyridine rings is 1. The van der Waals surface area contributed by atoms with E-state index in [9.17, 15) is 18.3 Å². The van der Waals surface area contributed by atoms with Crippen LogP contribution in [0.15, 0.2) is 59.5 Å². The van der Waals surface area contributed by atoms with Crippen molar-refractivity contribution >= 4 is 15.8 Å². The number of benzene rings is 2. The smallest absolute Gasteiger partial charge is 0.340 e. The highest BCUT2D eigenvalue weighted by Crippen LogP contribution is 2.35. The summed E-state index contributed by atoms with van der Waals surface area (Å²) in [6.07, 6.45) is 1.09. The number of hydrogen-bond acceptors (Lipinski definition) is 7. The first-order valence-electron chi connectivity index (χ1n) is 8.67. The van der Waals surface area contributed by atoms with E-state index in [4.69, 9.17) is 14.2 Å². The van der Waals surface area contributed by atoms with Crippen molar-refractivity contribution in [2.75, 3.05) is 20.5 Å². The number of hydrogen-bond donors (Lipinski definition) is 1. The van der Waals surface area contributed by atoms with Crippen LogP contribution in [0.25, 0.3) is 11.1 Å². The lowest BCUT2D eigenvalue weighted by atomic mass is 9.99. The van der Waals surface area contributed by atoms with E-state index in [1.807, 2.05) is 0 Å². The lowest BCUT2D eigenvalue weighted by molar-refractivity contribution is 0.0695. The van der Waals surface area contributed by atoms with E-state index in [2.05, 4.69) is 4.98 Å². The number of carboxylic acid groups (broad SMARTS) is 1. The van der Waals surface area contributed by atoms with Crippen molar-refractivity contribution in [3.63, 3.8) is 0 Å². The van der Waals surface area contributed by atoms with Gasteiger partial charge < -0.3 is 19.3 Å². The number of ether oxygens (including phenoxy) is 3. The average Bonchev–Trinajstić information content (AvgIpc) is 2.72. The molecule has 0 aliphatic heterocycles. The van der Waals surface area contributed by atoms with Crippen LogP contribution in [0.3, 0.4) is 0 Å². The number of aromatic carboxylic acids is 1. The quantitative estimate of drug-likeness (QED) is 0.606. The van der Waals surface area contributed by atoms with E-state index in [0.717, 1.165) is 6.26 Å². The fourth-order valence-corrected chi connectivity index (χ4v) is 3.48. The van der Waals surface area contributed by atoms with Gasteiger partial charge in [0.25, 0.3) is 0 Å². The monoisotopic (exact) mass is 429 g/mol. The largest absolute Gasteiger partial charge is 0.496 e. The molecule has 0 aliphatic carbocycles. The van der Waals surface area contributed by atoms with Crippen LogP contribution in [0.1, 0.15) is 10.4 Å². The molecule has 0 unspecified atom stereocenters. The first-order chi connectivity index (χ1) is 14.2. The summed E-state index contributed by atoms with van der Waals surface area (Å²) >= 11 is 0. The van der Waals surface area contributed by atoms with Gasteiger partial charge in [-0.15, -0.1) is 0 Å². The fourth-order valence-electron chi connectivity index (χ4n) is 2.82. The minimum Gasteiger partial charge on any atom is -0.496 e. The number of carboxylic acids is 1. The normalized spacial score (nSPS) is 11.0. The summed E-state index contributed by atoms with van der Waals surface area (Å²) < 4.78 is 39.8. The first-order valence-corrected chi connectivity index (χ1v) is 10.6. The molecule has 0 fully saturated rings. The minimum atomic E-state index is -3.46. The van der Waals surface area contributed by atoms with Crippen molar-refractivity contribution in [3.05, 3.63) is 60.2 Å². The first kappa shape index (κ1) is 21.1. The van der Waals surface area contributed by atoms with Crippen LogP contribution in [-0.2, 0) is 9.84 Å². The summed E-state index contributed by atoms with van der Waals surface area (Å²) in [4.78, 5) is 16.3. The second-order valence-corrected chi connectivity index (χ2v) is 8.29. The van der Waals surface area contributed by atoms with Gasteiger partial charge in [0, 0.05) is 24.0 Å². The van der Waals surface area contributed by atoms with Crippen LogP contribution in [0.2, 0.25) is 0 Å². The third-order valence-electron chi connectivity index (χ3n) is 4.22. The summed E-state index contributed by atoms with van der Waals surface area (Å²) in [5, 5.41) is 9.85. The molecule has 1 aromatic heterocycles. The molecule has 0 saturated heterocycles. The van der Waals surface area contributed by atoms with Crippen LogP contribution in [0.4, 0.5) is 0 Å². The van der Waals surface area contributed by atoms with Gasteiger partial charge in [-0.05, 0) is 23.8 Å². The Kier molecular flexibility index (Phi) is 5.93. The zero-order valence-corrected chi connectivity index (χ0v) is 17.3.